The minimum absolute atomic E-state index is 0.181. The van der Waals surface area contributed by atoms with Gasteiger partial charge in [0.25, 0.3) is 0 Å². The van der Waals surface area contributed by atoms with Gasteiger partial charge in [-0.2, -0.15) is 0 Å². The van der Waals surface area contributed by atoms with Crippen LogP contribution in [0.2, 0.25) is 0 Å². The zero-order valence-electron chi connectivity index (χ0n) is 17.4. The van der Waals surface area contributed by atoms with E-state index in [-0.39, 0.29) is 5.41 Å². The summed E-state index contributed by atoms with van der Waals surface area (Å²) in [6, 6.07) is 13.9. The van der Waals surface area contributed by atoms with Gasteiger partial charge in [0.2, 0.25) is 0 Å². The van der Waals surface area contributed by atoms with E-state index in [9.17, 15) is 4.79 Å². The van der Waals surface area contributed by atoms with E-state index in [0.717, 1.165) is 24.3 Å². The summed E-state index contributed by atoms with van der Waals surface area (Å²) in [6.45, 7) is 12.1. The maximum absolute atomic E-state index is 11.1. The van der Waals surface area contributed by atoms with Crippen molar-refractivity contribution in [3.8, 4) is 0 Å². The lowest BCUT2D eigenvalue weighted by molar-refractivity contribution is 0.0697. The van der Waals surface area contributed by atoms with Crippen LogP contribution < -0.4 is 4.90 Å². The Hall–Kier alpha value is -2.29. The quantitative estimate of drug-likeness (QED) is 0.544. The predicted molar refractivity (Wildman–Crippen MR) is 114 cm³/mol. The molecule has 2 aromatic rings. The number of rotatable bonds is 9. The van der Waals surface area contributed by atoms with E-state index in [1.807, 2.05) is 12.1 Å². The average molecular weight is 368 g/mol. The summed E-state index contributed by atoms with van der Waals surface area (Å²) in [5.41, 5.74) is 5.51. The Balaban J connectivity index is 2.37. The molecule has 0 unspecified atom stereocenters. The Bertz CT molecular complexity index is 762. The smallest absolute Gasteiger partial charge is 0.335 e. The normalized spacial score (nSPS) is 11.4. The molecule has 0 amide bonds. The molecule has 1 N–H and O–H groups in total. The second kappa shape index (κ2) is 9.07. The first-order valence-electron chi connectivity index (χ1n) is 10.1. The van der Waals surface area contributed by atoms with Gasteiger partial charge in [-0.05, 0) is 72.7 Å². The summed E-state index contributed by atoms with van der Waals surface area (Å²) < 4.78 is 0. The molecule has 0 bridgehead atoms. The fourth-order valence-electron chi connectivity index (χ4n) is 3.75. The Morgan fingerprint density at radius 2 is 1.63 bits per heavy atom. The number of carboxylic acids is 1. The number of carboxylic acid groups (broad SMARTS) is 1. The number of aromatic carboxylic acids is 1. The first-order valence-corrected chi connectivity index (χ1v) is 10.1. The molecule has 2 rings (SSSR count). The van der Waals surface area contributed by atoms with Crippen LogP contribution in [0.15, 0.2) is 42.5 Å². The molecule has 0 heterocycles. The van der Waals surface area contributed by atoms with Crippen molar-refractivity contribution < 1.29 is 9.90 Å². The van der Waals surface area contributed by atoms with Crippen LogP contribution in [0.5, 0.6) is 0 Å². The lowest BCUT2D eigenvalue weighted by atomic mass is 9.77. The molecular weight excluding hydrogens is 334 g/mol. The van der Waals surface area contributed by atoms with E-state index < -0.39 is 5.97 Å². The standard InChI is InChI=1S/C24H33NO2/c1-6-9-16-24(4,5)22-15-14-21(17-18(22)7-2)25(8-3)20-12-10-19(11-13-20)23(26)27/h10-15,17H,6-9,16H2,1-5H3,(H,26,27). The Morgan fingerprint density at radius 1 is 1.00 bits per heavy atom. The van der Waals surface area contributed by atoms with Gasteiger partial charge in [0.1, 0.15) is 0 Å². The third-order valence-electron chi connectivity index (χ3n) is 5.41. The zero-order valence-corrected chi connectivity index (χ0v) is 17.4. The van der Waals surface area contributed by atoms with Gasteiger partial charge in [-0.25, -0.2) is 4.79 Å². The SMILES string of the molecule is CCCCC(C)(C)c1ccc(N(CC)c2ccc(C(=O)O)cc2)cc1CC. The minimum atomic E-state index is -0.892. The van der Waals surface area contributed by atoms with Crippen molar-refractivity contribution in [2.24, 2.45) is 0 Å². The van der Waals surface area contributed by atoms with Crippen molar-refractivity contribution in [3.05, 3.63) is 59.2 Å². The fourth-order valence-corrected chi connectivity index (χ4v) is 3.75. The van der Waals surface area contributed by atoms with Gasteiger partial charge in [-0.3, -0.25) is 0 Å². The van der Waals surface area contributed by atoms with Crippen molar-refractivity contribution in [3.63, 3.8) is 0 Å². The number of benzene rings is 2. The summed E-state index contributed by atoms with van der Waals surface area (Å²) >= 11 is 0. The van der Waals surface area contributed by atoms with E-state index in [1.165, 1.54) is 30.4 Å². The van der Waals surface area contributed by atoms with Crippen molar-refractivity contribution in [2.75, 3.05) is 11.4 Å². The number of carbonyl (C=O) groups is 1. The van der Waals surface area contributed by atoms with Crippen LogP contribution in [-0.2, 0) is 11.8 Å². The Kier molecular flexibility index (Phi) is 7.06. The summed E-state index contributed by atoms with van der Waals surface area (Å²) in [5.74, 6) is -0.892. The van der Waals surface area contributed by atoms with Gasteiger partial charge >= 0.3 is 5.97 Å². The average Bonchev–Trinajstić information content (AvgIpc) is 2.67. The number of hydrogen-bond donors (Lipinski definition) is 1. The van der Waals surface area contributed by atoms with Crippen LogP contribution in [0.3, 0.4) is 0 Å². The summed E-state index contributed by atoms with van der Waals surface area (Å²) in [5, 5.41) is 9.11. The molecule has 27 heavy (non-hydrogen) atoms. The summed E-state index contributed by atoms with van der Waals surface area (Å²) in [4.78, 5) is 13.3. The molecular formula is C24H33NO2. The van der Waals surface area contributed by atoms with Gasteiger partial charge in [0.15, 0.2) is 0 Å². The summed E-state index contributed by atoms with van der Waals surface area (Å²) in [6.07, 6.45) is 4.67. The topological polar surface area (TPSA) is 40.5 Å². The van der Waals surface area contributed by atoms with Gasteiger partial charge in [-0.1, -0.05) is 46.6 Å². The van der Waals surface area contributed by atoms with Gasteiger partial charge in [0, 0.05) is 17.9 Å². The third-order valence-corrected chi connectivity index (χ3v) is 5.41. The first kappa shape index (κ1) is 21.0. The maximum atomic E-state index is 11.1. The van der Waals surface area contributed by atoms with E-state index in [2.05, 4.69) is 57.7 Å². The number of anilines is 2. The molecule has 0 aromatic heterocycles. The number of hydrogen-bond acceptors (Lipinski definition) is 2. The molecule has 0 aliphatic rings. The number of nitrogens with zero attached hydrogens (tertiary/aromatic N) is 1. The second-order valence-corrected chi connectivity index (χ2v) is 7.78. The van der Waals surface area contributed by atoms with Crippen molar-refractivity contribution in [2.45, 2.75) is 65.7 Å². The number of unbranched alkanes of at least 4 members (excludes halogenated alkanes) is 1. The highest BCUT2D eigenvalue weighted by Crippen LogP contribution is 2.35. The van der Waals surface area contributed by atoms with E-state index in [0.29, 0.717) is 5.56 Å². The third kappa shape index (κ3) is 4.91. The highest BCUT2D eigenvalue weighted by molar-refractivity contribution is 5.88. The van der Waals surface area contributed by atoms with Crippen molar-refractivity contribution >= 4 is 17.3 Å². The number of aryl methyl sites for hydroxylation is 1. The fraction of sp³-hybridized carbons (Fsp3) is 0.458. The zero-order chi connectivity index (χ0) is 20.0. The Morgan fingerprint density at radius 3 is 2.15 bits per heavy atom. The maximum Gasteiger partial charge on any atom is 0.335 e. The van der Waals surface area contributed by atoms with Crippen LogP contribution >= 0.6 is 0 Å². The second-order valence-electron chi connectivity index (χ2n) is 7.78. The van der Waals surface area contributed by atoms with Crippen LogP contribution in [0.4, 0.5) is 11.4 Å². The molecule has 146 valence electrons. The lowest BCUT2D eigenvalue weighted by Crippen LogP contribution is -2.21. The van der Waals surface area contributed by atoms with Crippen molar-refractivity contribution in [1.82, 2.24) is 0 Å². The molecule has 0 saturated heterocycles. The highest BCUT2D eigenvalue weighted by Gasteiger charge is 2.23. The predicted octanol–water partition coefficient (Wildman–Crippen LogP) is 6.57. The molecule has 3 nitrogen and oxygen atoms in total. The van der Waals surface area contributed by atoms with Crippen molar-refractivity contribution in [1.29, 1.82) is 0 Å². The monoisotopic (exact) mass is 367 g/mol. The Labute approximate surface area is 164 Å². The van der Waals surface area contributed by atoms with E-state index >= 15 is 0 Å². The van der Waals surface area contributed by atoms with E-state index in [4.69, 9.17) is 5.11 Å². The van der Waals surface area contributed by atoms with Crippen LogP contribution in [0.1, 0.15) is 75.4 Å². The van der Waals surface area contributed by atoms with Crippen LogP contribution in [-0.4, -0.2) is 17.6 Å². The van der Waals surface area contributed by atoms with Crippen LogP contribution in [0, 0.1) is 0 Å². The lowest BCUT2D eigenvalue weighted by Gasteiger charge is -2.30. The largest absolute Gasteiger partial charge is 0.478 e. The highest BCUT2D eigenvalue weighted by atomic mass is 16.4. The molecule has 0 aliphatic heterocycles. The molecule has 0 aliphatic carbocycles. The van der Waals surface area contributed by atoms with Gasteiger partial charge in [0.05, 0.1) is 5.56 Å². The molecule has 0 atom stereocenters. The van der Waals surface area contributed by atoms with Gasteiger partial charge in [-0.15, -0.1) is 0 Å². The van der Waals surface area contributed by atoms with Crippen LogP contribution in [0.25, 0.3) is 0 Å². The summed E-state index contributed by atoms with van der Waals surface area (Å²) in [7, 11) is 0. The van der Waals surface area contributed by atoms with Gasteiger partial charge < -0.3 is 10.0 Å². The molecule has 0 fully saturated rings. The molecule has 3 heteroatoms. The molecule has 0 saturated carbocycles. The molecule has 2 aromatic carbocycles. The minimum Gasteiger partial charge on any atom is -0.478 e. The molecule has 0 radical (unpaired) electrons. The first-order chi connectivity index (χ1) is 12.8. The molecule has 0 spiro atoms. The van der Waals surface area contributed by atoms with E-state index in [1.54, 1.807) is 12.1 Å².